The first-order chi connectivity index (χ1) is 12.2. The van der Waals surface area contributed by atoms with Gasteiger partial charge >= 0.3 is 6.03 Å². The number of rotatable bonds is 5. The number of likely N-dealkylation sites (N-methyl/N-ethyl adjacent to an activating group) is 1. The molecule has 1 N–H and O–H groups in total. The Morgan fingerprint density at radius 2 is 1.69 bits per heavy atom. The number of carbonyl (C=O) groups excluding carboxylic acids is 2. The highest BCUT2D eigenvalue weighted by molar-refractivity contribution is 5.82. The van der Waals surface area contributed by atoms with Crippen LogP contribution in [-0.2, 0) is 4.79 Å². The van der Waals surface area contributed by atoms with Crippen molar-refractivity contribution >= 4 is 11.9 Å². The topological polar surface area (TPSA) is 55.9 Å². The molecule has 1 heterocycles. The first-order valence-corrected chi connectivity index (χ1v) is 10.3. The lowest BCUT2D eigenvalue weighted by Gasteiger charge is -2.42. The molecule has 6 heteroatoms. The van der Waals surface area contributed by atoms with E-state index in [1.165, 1.54) is 12.8 Å². The number of nitrogens with one attached hydrogen (secondary N) is 1. The highest BCUT2D eigenvalue weighted by Crippen LogP contribution is 2.31. The Morgan fingerprint density at radius 1 is 1.12 bits per heavy atom. The summed E-state index contributed by atoms with van der Waals surface area (Å²) in [6, 6.07) is -0.00845. The fourth-order valence-electron chi connectivity index (χ4n) is 4.20. The van der Waals surface area contributed by atoms with Crippen LogP contribution in [-0.4, -0.2) is 78.0 Å². The molecule has 1 atom stereocenters. The van der Waals surface area contributed by atoms with Gasteiger partial charge < -0.3 is 15.1 Å². The lowest BCUT2D eigenvalue weighted by molar-refractivity contribution is -0.138. The molecule has 1 aliphatic heterocycles. The van der Waals surface area contributed by atoms with E-state index in [0.717, 1.165) is 38.9 Å². The van der Waals surface area contributed by atoms with Gasteiger partial charge in [0.25, 0.3) is 0 Å². The van der Waals surface area contributed by atoms with E-state index < -0.39 is 0 Å². The van der Waals surface area contributed by atoms with Crippen molar-refractivity contribution in [3.05, 3.63) is 0 Å². The Bertz CT molecular complexity index is 475. The zero-order valence-corrected chi connectivity index (χ0v) is 17.4. The summed E-state index contributed by atoms with van der Waals surface area (Å²) in [6.07, 6.45) is 5.77. The molecular weight excluding hydrogens is 328 g/mol. The van der Waals surface area contributed by atoms with E-state index in [4.69, 9.17) is 0 Å². The third-order valence-electron chi connectivity index (χ3n) is 5.51. The third kappa shape index (κ3) is 5.60. The van der Waals surface area contributed by atoms with Crippen molar-refractivity contribution in [2.75, 3.05) is 39.8 Å². The second-order valence-electron chi connectivity index (χ2n) is 8.95. The van der Waals surface area contributed by atoms with Crippen molar-refractivity contribution in [2.24, 2.45) is 5.92 Å². The molecule has 150 valence electrons. The lowest BCUT2D eigenvalue weighted by Crippen LogP contribution is -2.60. The summed E-state index contributed by atoms with van der Waals surface area (Å²) in [5.74, 6) is 0.739. The average molecular weight is 367 g/mol. The Balaban J connectivity index is 1.99. The van der Waals surface area contributed by atoms with Crippen LogP contribution in [0.3, 0.4) is 0 Å². The largest absolute Gasteiger partial charge is 0.344 e. The highest BCUT2D eigenvalue weighted by Gasteiger charge is 2.38. The Labute approximate surface area is 159 Å². The quantitative estimate of drug-likeness (QED) is 0.813. The monoisotopic (exact) mass is 366 g/mol. The number of hydrogen-bond donors (Lipinski definition) is 1. The summed E-state index contributed by atoms with van der Waals surface area (Å²) in [5, 5.41) is 3.04. The summed E-state index contributed by atoms with van der Waals surface area (Å²) >= 11 is 0. The normalized spacial score (nSPS) is 20.9. The minimum Gasteiger partial charge on any atom is -0.344 e. The predicted molar refractivity (Wildman–Crippen MR) is 105 cm³/mol. The maximum absolute atomic E-state index is 13.1. The van der Waals surface area contributed by atoms with Crippen molar-refractivity contribution in [1.29, 1.82) is 0 Å². The maximum Gasteiger partial charge on any atom is 0.317 e. The predicted octanol–water partition coefficient (Wildman–Crippen LogP) is 2.54. The van der Waals surface area contributed by atoms with Crippen LogP contribution in [0.4, 0.5) is 4.79 Å². The molecular formula is C20H38N4O2. The molecule has 0 aromatic rings. The molecule has 1 saturated carbocycles. The zero-order valence-electron chi connectivity index (χ0n) is 17.4. The van der Waals surface area contributed by atoms with Gasteiger partial charge in [0, 0.05) is 45.3 Å². The van der Waals surface area contributed by atoms with Crippen LogP contribution in [0.15, 0.2) is 0 Å². The maximum atomic E-state index is 13.1. The molecule has 0 radical (unpaired) electrons. The molecule has 0 aromatic carbocycles. The molecule has 1 unspecified atom stereocenters. The van der Waals surface area contributed by atoms with Crippen molar-refractivity contribution in [1.82, 2.24) is 20.0 Å². The summed E-state index contributed by atoms with van der Waals surface area (Å²) in [6.45, 7) is 11.9. The van der Waals surface area contributed by atoms with Gasteiger partial charge in [0.2, 0.25) is 5.91 Å². The molecule has 3 amide bonds. The molecule has 2 aliphatic rings. The number of urea groups is 1. The molecule has 0 bridgehead atoms. The summed E-state index contributed by atoms with van der Waals surface area (Å²) in [5.41, 5.74) is -0.223. The Kier molecular flexibility index (Phi) is 7.33. The summed E-state index contributed by atoms with van der Waals surface area (Å²) < 4.78 is 0. The minimum atomic E-state index is -0.223. The molecule has 0 spiro atoms. The third-order valence-corrected chi connectivity index (χ3v) is 5.51. The van der Waals surface area contributed by atoms with E-state index in [-0.39, 0.29) is 23.5 Å². The van der Waals surface area contributed by atoms with E-state index in [9.17, 15) is 9.59 Å². The van der Waals surface area contributed by atoms with Crippen LogP contribution in [0, 0.1) is 5.92 Å². The first-order valence-electron chi connectivity index (χ1n) is 10.3. The van der Waals surface area contributed by atoms with Crippen LogP contribution in [0.25, 0.3) is 0 Å². The average Bonchev–Trinajstić information content (AvgIpc) is 3.08. The molecule has 2 rings (SSSR count). The number of nitrogens with zero attached hydrogens (tertiary/aromatic N) is 3. The number of piperazine rings is 1. The van der Waals surface area contributed by atoms with Gasteiger partial charge in [-0.15, -0.1) is 0 Å². The van der Waals surface area contributed by atoms with Gasteiger partial charge in [-0.2, -0.15) is 0 Å². The van der Waals surface area contributed by atoms with Crippen LogP contribution >= 0.6 is 0 Å². The molecule has 2 fully saturated rings. The van der Waals surface area contributed by atoms with Gasteiger partial charge in [0.05, 0.1) is 6.04 Å². The number of carbonyl (C=O) groups is 2. The van der Waals surface area contributed by atoms with E-state index in [0.29, 0.717) is 19.0 Å². The number of hydrogen-bond acceptors (Lipinski definition) is 3. The second-order valence-corrected chi connectivity index (χ2v) is 8.95. The zero-order chi connectivity index (χ0) is 19.3. The SMILES string of the molecule is CCCN(C)C(=O)C(C1CCCC1)N1CCN(C(=O)NC(C)(C)C)CC1. The fourth-order valence-corrected chi connectivity index (χ4v) is 4.20. The van der Waals surface area contributed by atoms with Crippen molar-refractivity contribution < 1.29 is 9.59 Å². The van der Waals surface area contributed by atoms with Crippen LogP contribution < -0.4 is 5.32 Å². The van der Waals surface area contributed by atoms with Crippen LogP contribution in [0.2, 0.25) is 0 Å². The molecule has 6 nitrogen and oxygen atoms in total. The van der Waals surface area contributed by atoms with Crippen molar-refractivity contribution in [3.63, 3.8) is 0 Å². The molecule has 0 aromatic heterocycles. The summed E-state index contributed by atoms with van der Waals surface area (Å²) in [4.78, 5) is 31.6. The van der Waals surface area contributed by atoms with Gasteiger partial charge in [-0.25, -0.2) is 4.79 Å². The lowest BCUT2D eigenvalue weighted by atomic mass is 9.94. The van der Waals surface area contributed by atoms with E-state index in [2.05, 4.69) is 17.1 Å². The van der Waals surface area contributed by atoms with Gasteiger partial charge in [-0.05, 0) is 46.0 Å². The fraction of sp³-hybridized carbons (Fsp3) is 0.900. The van der Waals surface area contributed by atoms with Gasteiger partial charge in [-0.1, -0.05) is 19.8 Å². The van der Waals surface area contributed by atoms with E-state index >= 15 is 0 Å². The van der Waals surface area contributed by atoms with Crippen LogP contribution in [0.1, 0.15) is 59.8 Å². The number of amides is 3. The minimum absolute atomic E-state index is 0.00370. The molecule has 1 aliphatic carbocycles. The second kappa shape index (κ2) is 9.07. The van der Waals surface area contributed by atoms with Gasteiger partial charge in [0.1, 0.15) is 0 Å². The molecule has 26 heavy (non-hydrogen) atoms. The van der Waals surface area contributed by atoms with E-state index in [1.54, 1.807) is 0 Å². The standard InChI is InChI=1S/C20H38N4O2/c1-6-11-22(5)18(25)17(16-9-7-8-10-16)23-12-14-24(15-13-23)19(26)21-20(2,3)4/h16-17H,6-15H2,1-5H3,(H,21,26). The highest BCUT2D eigenvalue weighted by atomic mass is 16.2. The Hall–Kier alpha value is -1.30. The molecule has 1 saturated heterocycles. The van der Waals surface area contributed by atoms with Crippen LogP contribution in [0.5, 0.6) is 0 Å². The Morgan fingerprint density at radius 3 is 2.19 bits per heavy atom. The first kappa shape index (κ1) is 21.0. The van der Waals surface area contributed by atoms with E-state index in [1.807, 2.05) is 37.6 Å². The van der Waals surface area contributed by atoms with Gasteiger partial charge in [0.15, 0.2) is 0 Å². The summed E-state index contributed by atoms with van der Waals surface area (Å²) in [7, 11) is 1.93. The van der Waals surface area contributed by atoms with Crippen molar-refractivity contribution in [3.8, 4) is 0 Å². The van der Waals surface area contributed by atoms with Gasteiger partial charge in [-0.3, -0.25) is 9.69 Å². The smallest absolute Gasteiger partial charge is 0.317 e. The van der Waals surface area contributed by atoms with Crippen molar-refractivity contribution in [2.45, 2.75) is 71.4 Å².